The summed E-state index contributed by atoms with van der Waals surface area (Å²) in [6.45, 7) is 11.6. The van der Waals surface area contributed by atoms with Crippen LogP contribution in [-0.2, 0) is 9.53 Å². The van der Waals surface area contributed by atoms with E-state index in [-0.39, 0.29) is 17.6 Å². The van der Waals surface area contributed by atoms with Crippen molar-refractivity contribution in [2.24, 2.45) is 5.92 Å². The molecule has 0 spiro atoms. The van der Waals surface area contributed by atoms with Crippen LogP contribution >= 0.6 is 0 Å². The average molecular weight is 363 g/mol. The van der Waals surface area contributed by atoms with Gasteiger partial charge in [-0.25, -0.2) is 4.98 Å². The Balaban J connectivity index is 0.00000105. The zero-order valence-corrected chi connectivity index (χ0v) is 16.8. The van der Waals surface area contributed by atoms with Crippen LogP contribution in [0.2, 0.25) is 0 Å². The van der Waals surface area contributed by atoms with Crippen LogP contribution < -0.4 is 11.1 Å². The second-order valence-corrected chi connectivity index (χ2v) is 6.71. The molecule has 1 fully saturated rings. The lowest BCUT2D eigenvalue weighted by molar-refractivity contribution is -0.117. The van der Waals surface area contributed by atoms with Gasteiger partial charge in [0, 0.05) is 30.7 Å². The average Bonchev–Trinajstić information content (AvgIpc) is 2.61. The van der Waals surface area contributed by atoms with Gasteiger partial charge in [0.05, 0.1) is 5.69 Å². The molecule has 6 nitrogen and oxygen atoms in total. The molecule has 1 saturated heterocycles. The molecular formula is C20H34N4O2. The van der Waals surface area contributed by atoms with Crippen molar-refractivity contribution >= 4 is 23.6 Å². The first-order valence-corrected chi connectivity index (χ1v) is 9.63. The van der Waals surface area contributed by atoms with Crippen LogP contribution in [0, 0.1) is 12.8 Å². The highest BCUT2D eigenvalue weighted by atomic mass is 16.5. The third kappa shape index (κ3) is 7.12. The topological polar surface area (TPSA) is 90.1 Å². The number of ketones is 1. The second kappa shape index (κ2) is 11.6. The number of hydrogen-bond donors (Lipinski definition) is 2. The monoisotopic (exact) mass is 362 g/mol. The molecule has 1 aromatic rings. The van der Waals surface area contributed by atoms with E-state index in [4.69, 9.17) is 10.5 Å². The molecule has 0 amide bonds. The number of rotatable bonds is 6. The van der Waals surface area contributed by atoms with Crippen molar-refractivity contribution in [3.63, 3.8) is 0 Å². The Morgan fingerprint density at radius 3 is 2.50 bits per heavy atom. The standard InChI is InChI=1S/C17H26N4O2.C3H8/c1-4-11(2)15(22)6-5-14-12(3)19-17(18)21-16(14)20-13-7-9-23-10-8-13;1-3-2/h5-6,11,13H,4,7-10H2,1-3H3,(H3,18,19,20,21);3H2,1-2H3/b6-5+;. The summed E-state index contributed by atoms with van der Waals surface area (Å²) in [5, 5.41) is 3.42. The Morgan fingerprint density at radius 1 is 1.31 bits per heavy atom. The van der Waals surface area contributed by atoms with E-state index in [2.05, 4.69) is 29.1 Å². The zero-order valence-electron chi connectivity index (χ0n) is 16.8. The van der Waals surface area contributed by atoms with Crippen LogP contribution in [0.4, 0.5) is 11.8 Å². The number of nitrogens with one attached hydrogen (secondary N) is 1. The minimum atomic E-state index is 0.0214. The molecule has 1 atom stereocenters. The number of nitrogen functional groups attached to an aromatic ring is 1. The molecule has 0 bridgehead atoms. The molecule has 2 heterocycles. The van der Waals surface area contributed by atoms with Gasteiger partial charge in [-0.15, -0.1) is 0 Å². The maximum atomic E-state index is 12.0. The lowest BCUT2D eigenvalue weighted by Crippen LogP contribution is -2.29. The van der Waals surface area contributed by atoms with Crippen molar-refractivity contribution in [1.82, 2.24) is 9.97 Å². The minimum Gasteiger partial charge on any atom is -0.381 e. The van der Waals surface area contributed by atoms with Crippen LogP contribution in [-0.4, -0.2) is 35.0 Å². The summed E-state index contributed by atoms with van der Waals surface area (Å²) < 4.78 is 5.38. The zero-order chi connectivity index (χ0) is 19.5. The van der Waals surface area contributed by atoms with Gasteiger partial charge in [0.1, 0.15) is 5.82 Å². The number of allylic oxidation sites excluding steroid dienone is 1. The van der Waals surface area contributed by atoms with Crippen molar-refractivity contribution < 1.29 is 9.53 Å². The van der Waals surface area contributed by atoms with Gasteiger partial charge in [-0.3, -0.25) is 4.79 Å². The van der Waals surface area contributed by atoms with Gasteiger partial charge < -0.3 is 15.8 Å². The third-order valence-corrected chi connectivity index (χ3v) is 4.23. The first kappa shape index (κ1) is 22.1. The summed E-state index contributed by atoms with van der Waals surface area (Å²) in [5.74, 6) is 1.06. The Bertz CT molecular complexity index is 596. The lowest BCUT2D eigenvalue weighted by atomic mass is 10.0. The number of nitrogens with zero attached hydrogens (tertiary/aromatic N) is 2. The van der Waals surface area contributed by atoms with E-state index < -0.39 is 0 Å². The van der Waals surface area contributed by atoms with Crippen LogP contribution in [0.3, 0.4) is 0 Å². The molecule has 26 heavy (non-hydrogen) atoms. The molecule has 1 unspecified atom stereocenters. The Hall–Kier alpha value is -1.95. The van der Waals surface area contributed by atoms with Crippen molar-refractivity contribution in [3.05, 3.63) is 17.3 Å². The van der Waals surface area contributed by atoms with Crippen LogP contribution in [0.25, 0.3) is 6.08 Å². The fourth-order valence-corrected chi connectivity index (χ4v) is 2.48. The van der Waals surface area contributed by atoms with E-state index in [1.165, 1.54) is 6.42 Å². The number of nitrogens with two attached hydrogens (primary N) is 1. The van der Waals surface area contributed by atoms with E-state index in [9.17, 15) is 4.79 Å². The SMILES string of the molecule is CCC.CCC(C)C(=O)/C=C/c1c(C)nc(N)nc1NC1CCOCC1. The Kier molecular flexibility index (Phi) is 9.88. The number of aromatic nitrogens is 2. The molecule has 3 N–H and O–H groups in total. The maximum Gasteiger partial charge on any atom is 0.222 e. The summed E-state index contributed by atoms with van der Waals surface area (Å²) in [6.07, 6.45) is 7.35. The number of aryl methyl sites for hydroxylation is 1. The predicted molar refractivity (Wildman–Crippen MR) is 108 cm³/mol. The number of carbonyl (C=O) groups excluding carboxylic acids is 1. The highest BCUT2D eigenvalue weighted by Gasteiger charge is 2.17. The van der Waals surface area contributed by atoms with Crippen LogP contribution in [0.1, 0.15) is 64.6 Å². The predicted octanol–water partition coefficient (Wildman–Crippen LogP) is 4.00. The van der Waals surface area contributed by atoms with E-state index in [0.29, 0.717) is 11.9 Å². The molecule has 0 radical (unpaired) electrons. The number of carbonyl (C=O) groups is 1. The number of hydrogen-bond acceptors (Lipinski definition) is 6. The van der Waals surface area contributed by atoms with Gasteiger partial charge in [-0.05, 0) is 38.3 Å². The van der Waals surface area contributed by atoms with E-state index in [1.54, 1.807) is 12.2 Å². The summed E-state index contributed by atoms with van der Waals surface area (Å²) in [7, 11) is 0. The first-order valence-electron chi connectivity index (χ1n) is 9.63. The lowest BCUT2D eigenvalue weighted by Gasteiger charge is -2.24. The molecule has 6 heteroatoms. The number of ether oxygens (including phenoxy) is 1. The molecule has 1 aliphatic heterocycles. The molecule has 146 valence electrons. The molecule has 0 saturated carbocycles. The van der Waals surface area contributed by atoms with E-state index >= 15 is 0 Å². The quantitative estimate of drug-likeness (QED) is 0.743. The molecule has 2 rings (SSSR count). The summed E-state index contributed by atoms with van der Waals surface area (Å²) in [4.78, 5) is 20.6. The van der Waals surface area contributed by atoms with Crippen molar-refractivity contribution in [1.29, 1.82) is 0 Å². The highest BCUT2D eigenvalue weighted by molar-refractivity contribution is 5.95. The smallest absolute Gasteiger partial charge is 0.222 e. The van der Waals surface area contributed by atoms with Crippen LogP contribution in [0.15, 0.2) is 6.08 Å². The van der Waals surface area contributed by atoms with Gasteiger partial charge in [0.15, 0.2) is 5.78 Å². The normalized spacial score (nSPS) is 16.0. The fraction of sp³-hybridized carbons (Fsp3) is 0.650. The Morgan fingerprint density at radius 2 is 1.92 bits per heavy atom. The molecular weight excluding hydrogens is 328 g/mol. The number of anilines is 2. The van der Waals surface area contributed by atoms with Crippen molar-refractivity contribution in [2.45, 2.75) is 66.3 Å². The van der Waals surface area contributed by atoms with Crippen molar-refractivity contribution in [2.75, 3.05) is 24.3 Å². The first-order chi connectivity index (χ1) is 12.4. The minimum absolute atomic E-state index is 0.0214. The maximum absolute atomic E-state index is 12.0. The van der Waals surface area contributed by atoms with E-state index in [0.717, 1.165) is 43.7 Å². The van der Waals surface area contributed by atoms with Gasteiger partial charge in [0.25, 0.3) is 0 Å². The van der Waals surface area contributed by atoms with Gasteiger partial charge in [-0.1, -0.05) is 34.1 Å². The van der Waals surface area contributed by atoms with E-state index in [1.807, 2.05) is 20.8 Å². The van der Waals surface area contributed by atoms with Crippen LogP contribution in [0.5, 0.6) is 0 Å². The Labute approximate surface area is 157 Å². The molecule has 0 aromatic carbocycles. The summed E-state index contributed by atoms with van der Waals surface area (Å²) in [6, 6.07) is 0.301. The summed E-state index contributed by atoms with van der Waals surface area (Å²) >= 11 is 0. The summed E-state index contributed by atoms with van der Waals surface area (Å²) in [5.41, 5.74) is 7.37. The second-order valence-electron chi connectivity index (χ2n) is 6.71. The molecule has 1 aromatic heterocycles. The largest absolute Gasteiger partial charge is 0.381 e. The highest BCUT2D eigenvalue weighted by Crippen LogP contribution is 2.22. The molecule has 0 aliphatic carbocycles. The van der Waals surface area contributed by atoms with Gasteiger partial charge >= 0.3 is 0 Å². The van der Waals surface area contributed by atoms with Gasteiger partial charge in [-0.2, -0.15) is 4.98 Å². The van der Waals surface area contributed by atoms with Crippen molar-refractivity contribution in [3.8, 4) is 0 Å². The van der Waals surface area contributed by atoms with Gasteiger partial charge in [0.2, 0.25) is 5.95 Å². The third-order valence-electron chi connectivity index (χ3n) is 4.23. The molecule has 1 aliphatic rings. The fourth-order valence-electron chi connectivity index (χ4n) is 2.48.